The molecule has 2 aromatic heterocycles. The summed E-state index contributed by atoms with van der Waals surface area (Å²) in [4.78, 5) is 29.8. The molecule has 0 unspecified atom stereocenters. The van der Waals surface area contributed by atoms with Crippen molar-refractivity contribution in [2.75, 3.05) is 11.4 Å². The number of H-pyrrole nitrogens is 1. The average Bonchev–Trinajstić information content (AvgIpc) is 3.13. The Morgan fingerprint density at radius 3 is 2.88 bits per heavy atom. The maximum absolute atomic E-state index is 12.9. The van der Waals surface area contributed by atoms with E-state index in [0.29, 0.717) is 17.4 Å². The Morgan fingerprint density at radius 1 is 1.19 bits per heavy atom. The van der Waals surface area contributed by atoms with Gasteiger partial charge in [0.25, 0.3) is 0 Å². The molecule has 26 heavy (non-hydrogen) atoms. The fourth-order valence-electron chi connectivity index (χ4n) is 3.21. The molecule has 0 radical (unpaired) electrons. The van der Waals surface area contributed by atoms with E-state index in [0.717, 1.165) is 16.6 Å². The fourth-order valence-corrected chi connectivity index (χ4v) is 3.21. The first-order valence-corrected chi connectivity index (χ1v) is 8.50. The molecule has 0 bridgehead atoms. The van der Waals surface area contributed by atoms with Gasteiger partial charge in [0.15, 0.2) is 0 Å². The van der Waals surface area contributed by atoms with E-state index in [2.05, 4.69) is 10.1 Å². The zero-order valence-corrected chi connectivity index (χ0v) is 14.3. The number of aromatic nitrogens is 3. The van der Waals surface area contributed by atoms with E-state index in [1.807, 2.05) is 43.5 Å². The molecule has 6 heteroatoms. The highest BCUT2D eigenvalue weighted by molar-refractivity contribution is 5.96. The maximum atomic E-state index is 12.9. The summed E-state index contributed by atoms with van der Waals surface area (Å²) in [5.41, 5.74) is 2.39. The molecule has 0 atom stereocenters. The monoisotopic (exact) mass is 346 g/mol. The molecular formula is C20H18N4O2. The number of carbonyl (C=O) groups is 1. The van der Waals surface area contributed by atoms with Gasteiger partial charge in [-0.15, -0.1) is 0 Å². The Hall–Kier alpha value is -3.41. The van der Waals surface area contributed by atoms with Gasteiger partial charge < -0.3 is 9.88 Å². The molecule has 0 aliphatic heterocycles. The van der Waals surface area contributed by atoms with Crippen molar-refractivity contribution < 1.29 is 4.79 Å². The number of carbonyl (C=O) groups excluding carboxylic acids is 1. The van der Waals surface area contributed by atoms with Crippen LogP contribution >= 0.6 is 0 Å². The lowest BCUT2D eigenvalue weighted by Gasteiger charge is -2.22. The van der Waals surface area contributed by atoms with Crippen molar-refractivity contribution in [2.45, 2.75) is 13.5 Å². The Kier molecular flexibility index (Phi) is 4.01. The van der Waals surface area contributed by atoms with Gasteiger partial charge in [-0.05, 0) is 43.3 Å². The number of hydrogen-bond acceptors (Lipinski definition) is 3. The highest BCUT2D eigenvalue weighted by Gasteiger charge is 2.16. The molecule has 4 rings (SSSR count). The molecule has 2 heterocycles. The number of fused-ring (bicyclic) bond motifs is 2. The lowest BCUT2D eigenvalue weighted by atomic mass is 10.2. The van der Waals surface area contributed by atoms with Crippen molar-refractivity contribution in [3.63, 3.8) is 0 Å². The number of rotatable bonds is 4. The smallest absolute Gasteiger partial charge is 0.248 e. The first-order valence-electron chi connectivity index (χ1n) is 8.50. The minimum atomic E-state index is -0.144. The summed E-state index contributed by atoms with van der Waals surface area (Å²) in [6.45, 7) is 2.56. The number of amides is 1. The number of nitrogens with one attached hydrogen (secondary N) is 1. The van der Waals surface area contributed by atoms with Crippen LogP contribution in [0.2, 0.25) is 0 Å². The van der Waals surface area contributed by atoms with Crippen LogP contribution in [0.15, 0.2) is 65.7 Å². The van der Waals surface area contributed by atoms with Gasteiger partial charge in [0.05, 0.1) is 11.7 Å². The van der Waals surface area contributed by atoms with Gasteiger partial charge in [-0.1, -0.05) is 12.1 Å². The summed E-state index contributed by atoms with van der Waals surface area (Å²) in [5.74, 6) is -0.0799. The third kappa shape index (κ3) is 2.75. The van der Waals surface area contributed by atoms with Gasteiger partial charge in [-0.3, -0.25) is 14.3 Å². The first kappa shape index (κ1) is 16.1. The van der Waals surface area contributed by atoms with Crippen molar-refractivity contribution in [3.8, 4) is 0 Å². The second-order valence-corrected chi connectivity index (χ2v) is 6.07. The second-order valence-electron chi connectivity index (χ2n) is 6.07. The van der Waals surface area contributed by atoms with Crippen molar-refractivity contribution >= 4 is 33.4 Å². The van der Waals surface area contributed by atoms with Gasteiger partial charge >= 0.3 is 0 Å². The zero-order valence-electron chi connectivity index (χ0n) is 14.3. The lowest BCUT2D eigenvalue weighted by molar-refractivity contribution is -0.119. The molecule has 4 aromatic rings. The minimum absolute atomic E-state index is 0.0693. The van der Waals surface area contributed by atoms with E-state index in [4.69, 9.17) is 0 Å². The van der Waals surface area contributed by atoms with Crippen LogP contribution in [0.3, 0.4) is 0 Å². The van der Waals surface area contributed by atoms with Crippen LogP contribution in [0.5, 0.6) is 0 Å². The Bertz CT molecular complexity index is 1160. The van der Waals surface area contributed by atoms with Crippen molar-refractivity contribution in [2.24, 2.45) is 0 Å². The second kappa shape index (κ2) is 6.48. The third-order valence-corrected chi connectivity index (χ3v) is 4.51. The summed E-state index contributed by atoms with van der Waals surface area (Å²) in [6.07, 6.45) is 3.14. The van der Waals surface area contributed by atoms with Crippen LogP contribution in [-0.4, -0.2) is 27.2 Å². The molecule has 0 saturated heterocycles. The van der Waals surface area contributed by atoms with Crippen molar-refractivity contribution in [1.29, 1.82) is 0 Å². The normalized spacial score (nSPS) is 11.1. The summed E-state index contributed by atoms with van der Waals surface area (Å²) in [5, 5.41) is 5.77. The molecule has 0 saturated carbocycles. The molecule has 2 aromatic carbocycles. The minimum Gasteiger partial charge on any atom is -0.361 e. The largest absolute Gasteiger partial charge is 0.361 e. The molecule has 0 spiro atoms. The third-order valence-electron chi connectivity index (χ3n) is 4.51. The van der Waals surface area contributed by atoms with Gasteiger partial charge in [0.2, 0.25) is 11.3 Å². The van der Waals surface area contributed by atoms with Gasteiger partial charge in [-0.25, -0.2) is 0 Å². The standard InChI is InChI=1S/C20H18N4O2/c1-2-23(15-7-8-17-14(11-15)9-10-21-17)20(26)13-24-18-6-4-3-5-16(18)19(25)12-22-24/h3-12,21H,2,13H2,1H3. The van der Waals surface area contributed by atoms with E-state index in [9.17, 15) is 9.59 Å². The fraction of sp³-hybridized carbons (Fsp3) is 0.150. The SMILES string of the molecule is CCN(C(=O)Cn1ncc(=O)c2ccccc21)c1ccc2[nH]ccc2c1. The van der Waals surface area contributed by atoms with Gasteiger partial charge in [-0.2, -0.15) is 5.10 Å². The summed E-state index contributed by atoms with van der Waals surface area (Å²) in [7, 11) is 0. The maximum Gasteiger partial charge on any atom is 0.248 e. The number of nitrogens with zero attached hydrogens (tertiary/aromatic N) is 3. The van der Waals surface area contributed by atoms with Crippen LogP contribution in [0.1, 0.15) is 6.92 Å². The first-order chi connectivity index (χ1) is 12.7. The van der Waals surface area contributed by atoms with Gasteiger partial charge in [0.1, 0.15) is 6.54 Å². The van der Waals surface area contributed by atoms with E-state index >= 15 is 0 Å². The highest BCUT2D eigenvalue weighted by Crippen LogP contribution is 2.22. The molecule has 0 aliphatic rings. The number of para-hydroxylation sites is 1. The molecule has 130 valence electrons. The summed E-state index contributed by atoms with van der Waals surface area (Å²) in [6, 6.07) is 15.1. The molecule has 0 aliphatic carbocycles. The van der Waals surface area contributed by atoms with Crippen LogP contribution in [0, 0.1) is 0 Å². The predicted molar refractivity (Wildman–Crippen MR) is 102 cm³/mol. The zero-order chi connectivity index (χ0) is 18.1. The topological polar surface area (TPSA) is 71.0 Å². The lowest BCUT2D eigenvalue weighted by Crippen LogP contribution is -2.34. The molecular weight excluding hydrogens is 328 g/mol. The Balaban J connectivity index is 1.68. The molecule has 0 fully saturated rings. The van der Waals surface area contributed by atoms with Crippen LogP contribution in [0.25, 0.3) is 21.8 Å². The highest BCUT2D eigenvalue weighted by atomic mass is 16.2. The van der Waals surface area contributed by atoms with Crippen LogP contribution in [-0.2, 0) is 11.3 Å². The quantitative estimate of drug-likeness (QED) is 0.618. The summed E-state index contributed by atoms with van der Waals surface area (Å²) < 4.78 is 1.58. The van der Waals surface area contributed by atoms with E-state index < -0.39 is 0 Å². The van der Waals surface area contributed by atoms with Crippen molar-refractivity contribution in [1.82, 2.24) is 14.8 Å². The molecule has 1 N–H and O–H groups in total. The molecule has 1 amide bonds. The van der Waals surface area contributed by atoms with E-state index in [1.165, 1.54) is 6.20 Å². The van der Waals surface area contributed by atoms with E-state index in [-0.39, 0.29) is 17.9 Å². The van der Waals surface area contributed by atoms with Crippen LogP contribution in [0.4, 0.5) is 5.69 Å². The Labute approximate surface area is 149 Å². The number of likely N-dealkylation sites (N-methyl/N-ethyl adjacent to an activating group) is 1. The Morgan fingerprint density at radius 2 is 2.04 bits per heavy atom. The number of hydrogen-bond donors (Lipinski definition) is 1. The number of aromatic amines is 1. The number of anilines is 1. The van der Waals surface area contributed by atoms with Crippen LogP contribution < -0.4 is 10.3 Å². The average molecular weight is 346 g/mol. The number of benzene rings is 2. The van der Waals surface area contributed by atoms with Gasteiger partial charge in [0, 0.05) is 34.7 Å². The van der Waals surface area contributed by atoms with E-state index in [1.54, 1.807) is 27.8 Å². The summed E-state index contributed by atoms with van der Waals surface area (Å²) >= 11 is 0. The molecule has 6 nitrogen and oxygen atoms in total. The predicted octanol–water partition coefficient (Wildman–Crippen LogP) is 2.93. The van der Waals surface area contributed by atoms with Crippen molar-refractivity contribution in [3.05, 3.63) is 71.1 Å².